The zero-order valence-electron chi connectivity index (χ0n) is 11.1. The maximum Gasteiger partial charge on any atom is 0.258 e. The normalized spacial score (nSPS) is 10.8. The van der Waals surface area contributed by atoms with Crippen LogP contribution >= 0.6 is 15.9 Å². The number of anilines is 1. The lowest BCUT2D eigenvalue weighted by atomic mass is 10.2. The van der Waals surface area contributed by atoms with Crippen molar-refractivity contribution < 1.29 is 9.18 Å². The van der Waals surface area contributed by atoms with E-state index in [0.29, 0.717) is 10.2 Å². The summed E-state index contributed by atoms with van der Waals surface area (Å²) in [6.45, 7) is 1.86. The molecule has 0 saturated carbocycles. The number of benzene rings is 2. The van der Waals surface area contributed by atoms with Crippen molar-refractivity contribution in [2.75, 3.05) is 5.32 Å². The number of hydrogen-bond donors (Lipinski definition) is 2. The molecular formula is C15H11BrFN3O. The average molecular weight is 348 g/mol. The Morgan fingerprint density at radius 1 is 1.29 bits per heavy atom. The Bertz CT molecular complexity index is 844. The van der Waals surface area contributed by atoms with Gasteiger partial charge in [-0.2, -0.15) is 0 Å². The zero-order valence-corrected chi connectivity index (χ0v) is 12.7. The van der Waals surface area contributed by atoms with Crippen LogP contribution in [0.5, 0.6) is 0 Å². The van der Waals surface area contributed by atoms with E-state index in [2.05, 4.69) is 31.2 Å². The lowest BCUT2D eigenvalue weighted by molar-refractivity contribution is 0.102. The molecule has 1 aromatic heterocycles. The van der Waals surface area contributed by atoms with Crippen LogP contribution in [-0.2, 0) is 0 Å². The summed E-state index contributed by atoms with van der Waals surface area (Å²) in [6, 6.07) is 9.62. The minimum atomic E-state index is -0.569. The molecule has 3 aromatic rings. The first-order valence-electron chi connectivity index (χ1n) is 6.26. The number of carbonyl (C=O) groups is 1. The first-order valence-corrected chi connectivity index (χ1v) is 7.05. The van der Waals surface area contributed by atoms with E-state index >= 15 is 0 Å². The highest BCUT2D eigenvalue weighted by molar-refractivity contribution is 9.10. The van der Waals surface area contributed by atoms with Gasteiger partial charge in [0.15, 0.2) is 0 Å². The molecule has 2 N–H and O–H groups in total. The van der Waals surface area contributed by atoms with Crippen LogP contribution in [-0.4, -0.2) is 15.9 Å². The number of hydrogen-bond acceptors (Lipinski definition) is 2. The summed E-state index contributed by atoms with van der Waals surface area (Å²) in [5, 5.41) is 2.68. The third-order valence-electron chi connectivity index (χ3n) is 3.03. The largest absolute Gasteiger partial charge is 0.342 e. The van der Waals surface area contributed by atoms with E-state index in [0.717, 1.165) is 16.9 Å². The van der Waals surface area contributed by atoms with E-state index in [1.165, 1.54) is 12.1 Å². The lowest BCUT2D eigenvalue weighted by Crippen LogP contribution is -2.13. The molecule has 4 nitrogen and oxygen atoms in total. The smallest absolute Gasteiger partial charge is 0.258 e. The Morgan fingerprint density at radius 3 is 2.86 bits per heavy atom. The first-order chi connectivity index (χ1) is 10.0. The summed E-state index contributed by atoms with van der Waals surface area (Å²) in [7, 11) is 0. The van der Waals surface area contributed by atoms with Crippen LogP contribution in [0.15, 0.2) is 40.9 Å². The minimum Gasteiger partial charge on any atom is -0.342 e. The molecule has 0 spiro atoms. The van der Waals surface area contributed by atoms with Gasteiger partial charge in [0.2, 0.25) is 0 Å². The van der Waals surface area contributed by atoms with Crippen LogP contribution in [0.4, 0.5) is 10.1 Å². The van der Waals surface area contributed by atoms with Crippen molar-refractivity contribution in [2.45, 2.75) is 6.92 Å². The summed E-state index contributed by atoms with van der Waals surface area (Å²) >= 11 is 3.16. The molecule has 106 valence electrons. The maximum absolute atomic E-state index is 13.8. The van der Waals surface area contributed by atoms with Crippen molar-refractivity contribution in [3.8, 4) is 0 Å². The average Bonchev–Trinajstić information content (AvgIpc) is 2.77. The van der Waals surface area contributed by atoms with Gasteiger partial charge in [0.1, 0.15) is 11.6 Å². The van der Waals surface area contributed by atoms with Gasteiger partial charge in [-0.3, -0.25) is 4.79 Å². The second-order valence-corrected chi connectivity index (χ2v) is 5.55. The Hall–Kier alpha value is -2.21. The molecule has 21 heavy (non-hydrogen) atoms. The number of aromatic amines is 1. The molecule has 1 heterocycles. The van der Waals surface area contributed by atoms with Crippen molar-refractivity contribution in [1.82, 2.24) is 9.97 Å². The Balaban J connectivity index is 1.88. The number of rotatable bonds is 2. The fourth-order valence-corrected chi connectivity index (χ4v) is 2.42. The second-order valence-electron chi connectivity index (χ2n) is 4.63. The molecule has 0 aliphatic heterocycles. The maximum atomic E-state index is 13.8. The number of fused-ring (bicyclic) bond motifs is 1. The number of imidazole rings is 1. The molecule has 3 rings (SSSR count). The Morgan fingerprint density at radius 2 is 2.10 bits per heavy atom. The number of aryl methyl sites for hydroxylation is 1. The van der Waals surface area contributed by atoms with E-state index < -0.39 is 11.7 Å². The van der Waals surface area contributed by atoms with E-state index in [1.54, 1.807) is 24.3 Å². The molecule has 0 unspecified atom stereocenters. The monoisotopic (exact) mass is 347 g/mol. The van der Waals surface area contributed by atoms with Gasteiger partial charge < -0.3 is 10.3 Å². The SMILES string of the molecule is Cc1nc2ccc(NC(=O)c3ccc(Br)cc3F)cc2[nH]1. The lowest BCUT2D eigenvalue weighted by Gasteiger charge is -2.06. The number of aromatic nitrogens is 2. The predicted molar refractivity (Wildman–Crippen MR) is 82.9 cm³/mol. The molecular weight excluding hydrogens is 337 g/mol. The highest BCUT2D eigenvalue weighted by Crippen LogP contribution is 2.20. The van der Waals surface area contributed by atoms with Gasteiger partial charge in [-0.1, -0.05) is 15.9 Å². The van der Waals surface area contributed by atoms with Gasteiger partial charge >= 0.3 is 0 Å². The van der Waals surface area contributed by atoms with Crippen LogP contribution in [0.2, 0.25) is 0 Å². The van der Waals surface area contributed by atoms with E-state index in [9.17, 15) is 9.18 Å². The Labute approximate surface area is 128 Å². The van der Waals surface area contributed by atoms with Gasteiger partial charge in [-0.25, -0.2) is 9.37 Å². The quantitative estimate of drug-likeness (QED) is 0.735. The first kappa shape index (κ1) is 13.8. The number of amides is 1. The molecule has 0 radical (unpaired) electrons. The molecule has 0 saturated heterocycles. The summed E-state index contributed by atoms with van der Waals surface area (Å²) in [5.74, 6) is -0.261. The van der Waals surface area contributed by atoms with Crippen molar-refractivity contribution in [3.05, 3.63) is 58.1 Å². The second kappa shape index (κ2) is 5.29. The summed E-state index contributed by atoms with van der Waals surface area (Å²) in [4.78, 5) is 19.5. The number of H-pyrrole nitrogens is 1. The molecule has 0 bridgehead atoms. The molecule has 0 fully saturated rings. The van der Waals surface area contributed by atoms with E-state index in [-0.39, 0.29) is 5.56 Å². The summed E-state index contributed by atoms with van der Waals surface area (Å²) in [5.41, 5.74) is 2.22. The van der Waals surface area contributed by atoms with Crippen molar-refractivity contribution in [2.24, 2.45) is 0 Å². The summed E-state index contributed by atoms with van der Waals surface area (Å²) in [6.07, 6.45) is 0. The van der Waals surface area contributed by atoms with Crippen molar-refractivity contribution in [3.63, 3.8) is 0 Å². The van der Waals surface area contributed by atoms with Crippen LogP contribution in [0.25, 0.3) is 11.0 Å². The van der Waals surface area contributed by atoms with Crippen molar-refractivity contribution in [1.29, 1.82) is 0 Å². The Kier molecular flexibility index (Phi) is 3.47. The number of nitrogens with one attached hydrogen (secondary N) is 2. The molecule has 0 aliphatic carbocycles. The van der Waals surface area contributed by atoms with E-state index in [1.807, 2.05) is 6.92 Å². The van der Waals surface area contributed by atoms with Gasteiger partial charge in [-0.05, 0) is 43.3 Å². The predicted octanol–water partition coefficient (Wildman–Crippen LogP) is 4.03. The van der Waals surface area contributed by atoms with Crippen LogP contribution in [0.3, 0.4) is 0 Å². The third-order valence-corrected chi connectivity index (χ3v) is 3.53. The molecule has 0 atom stereocenters. The number of carbonyl (C=O) groups excluding carboxylic acids is 1. The standard InChI is InChI=1S/C15H11BrFN3O/c1-8-18-13-5-3-10(7-14(13)19-8)20-15(21)11-4-2-9(16)6-12(11)17/h2-7H,1H3,(H,18,19)(H,20,21). The fourth-order valence-electron chi connectivity index (χ4n) is 2.09. The fraction of sp³-hybridized carbons (Fsp3) is 0.0667. The third kappa shape index (κ3) is 2.80. The van der Waals surface area contributed by atoms with Crippen LogP contribution in [0.1, 0.15) is 16.2 Å². The summed E-state index contributed by atoms with van der Waals surface area (Å²) < 4.78 is 14.3. The molecule has 2 aromatic carbocycles. The van der Waals surface area contributed by atoms with Gasteiger partial charge in [0, 0.05) is 10.2 Å². The zero-order chi connectivity index (χ0) is 15.0. The van der Waals surface area contributed by atoms with Gasteiger partial charge in [-0.15, -0.1) is 0 Å². The van der Waals surface area contributed by atoms with Gasteiger partial charge in [0.25, 0.3) is 5.91 Å². The van der Waals surface area contributed by atoms with E-state index in [4.69, 9.17) is 0 Å². The van der Waals surface area contributed by atoms with Gasteiger partial charge in [0.05, 0.1) is 16.6 Å². The van der Waals surface area contributed by atoms with Crippen LogP contribution in [0, 0.1) is 12.7 Å². The van der Waals surface area contributed by atoms with Crippen LogP contribution < -0.4 is 5.32 Å². The molecule has 0 aliphatic rings. The molecule has 6 heteroatoms. The number of nitrogens with zero attached hydrogens (tertiary/aromatic N) is 1. The minimum absolute atomic E-state index is 0.000844. The van der Waals surface area contributed by atoms with Crippen molar-refractivity contribution >= 4 is 38.6 Å². The number of halogens is 2. The topological polar surface area (TPSA) is 57.8 Å². The highest BCUT2D eigenvalue weighted by atomic mass is 79.9. The molecule has 1 amide bonds. The highest BCUT2D eigenvalue weighted by Gasteiger charge is 2.12.